The van der Waals surface area contributed by atoms with Crippen LogP contribution in [-0.2, 0) is 9.53 Å². The first-order valence-electron chi connectivity index (χ1n) is 12.6. The van der Waals surface area contributed by atoms with Gasteiger partial charge in [0.05, 0.1) is 6.61 Å². The fourth-order valence-electron chi connectivity index (χ4n) is 3.61. The van der Waals surface area contributed by atoms with Gasteiger partial charge in [0.1, 0.15) is 0 Å². The van der Waals surface area contributed by atoms with Gasteiger partial charge in [-0.1, -0.05) is 130 Å². The molecule has 0 radical (unpaired) electrons. The third-order valence-corrected chi connectivity index (χ3v) is 5.60. The zero-order valence-electron chi connectivity index (χ0n) is 19.4. The molecule has 0 aliphatic heterocycles. The third-order valence-electron chi connectivity index (χ3n) is 5.60. The summed E-state index contributed by atoms with van der Waals surface area (Å²) in [6.07, 6.45) is 26.0. The lowest BCUT2D eigenvalue weighted by molar-refractivity contribution is -0.139. The van der Waals surface area contributed by atoms with Crippen LogP contribution < -0.4 is 0 Å². The molecule has 0 aromatic heterocycles. The maximum Gasteiger partial charge on any atom is 0.333 e. The summed E-state index contributed by atoms with van der Waals surface area (Å²) in [6, 6.07) is 0. The van der Waals surface area contributed by atoms with E-state index in [-0.39, 0.29) is 5.97 Å². The van der Waals surface area contributed by atoms with Gasteiger partial charge in [-0.2, -0.15) is 0 Å². The smallest absolute Gasteiger partial charge is 0.333 e. The van der Waals surface area contributed by atoms with Crippen LogP contribution in [0.2, 0.25) is 0 Å². The second kappa shape index (κ2) is 22.5. The van der Waals surface area contributed by atoms with Crippen molar-refractivity contribution >= 4 is 5.97 Å². The molecule has 0 heterocycles. The Morgan fingerprint density at radius 1 is 0.571 bits per heavy atom. The highest BCUT2D eigenvalue weighted by Crippen LogP contribution is 2.15. The highest BCUT2D eigenvalue weighted by molar-refractivity contribution is 5.87. The number of unbranched alkanes of at least 4 members (excludes halogenated alkanes) is 17. The first-order valence-corrected chi connectivity index (χ1v) is 12.6. The SMILES string of the molecule is C=C(CCCCCCCCCCCCCCCCCC)C(=O)OCCCCC. The molecule has 0 aromatic carbocycles. The van der Waals surface area contributed by atoms with Crippen LogP contribution in [0.1, 0.15) is 142 Å². The second-order valence-corrected chi connectivity index (χ2v) is 8.50. The molecule has 0 saturated carbocycles. The van der Waals surface area contributed by atoms with E-state index in [9.17, 15) is 4.79 Å². The van der Waals surface area contributed by atoms with Crippen LogP contribution in [0.3, 0.4) is 0 Å². The molecule has 166 valence electrons. The normalized spacial score (nSPS) is 10.9. The van der Waals surface area contributed by atoms with Gasteiger partial charge in [0, 0.05) is 5.57 Å². The summed E-state index contributed by atoms with van der Waals surface area (Å²) in [6.45, 7) is 8.87. The molecule has 2 nitrogen and oxygen atoms in total. The average molecular weight is 395 g/mol. The Balaban J connectivity index is 3.22. The van der Waals surface area contributed by atoms with E-state index in [4.69, 9.17) is 4.74 Å². The molecule has 0 aliphatic carbocycles. The summed E-state index contributed by atoms with van der Waals surface area (Å²) in [7, 11) is 0. The van der Waals surface area contributed by atoms with Crippen molar-refractivity contribution in [1.29, 1.82) is 0 Å². The number of ether oxygens (including phenoxy) is 1. The van der Waals surface area contributed by atoms with Crippen LogP contribution in [0.5, 0.6) is 0 Å². The van der Waals surface area contributed by atoms with Crippen LogP contribution >= 0.6 is 0 Å². The van der Waals surface area contributed by atoms with Gasteiger partial charge < -0.3 is 4.74 Å². The molecule has 0 atom stereocenters. The summed E-state index contributed by atoms with van der Waals surface area (Å²) >= 11 is 0. The van der Waals surface area contributed by atoms with E-state index in [1.54, 1.807) is 0 Å². The standard InChI is InChI=1S/C26H50O2/c1-4-6-8-9-10-11-12-13-14-15-16-17-18-19-20-21-23-25(3)26(27)28-24-22-7-5-2/h3-24H2,1-2H3. The van der Waals surface area contributed by atoms with Crippen molar-refractivity contribution in [3.05, 3.63) is 12.2 Å². The second-order valence-electron chi connectivity index (χ2n) is 8.50. The fourth-order valence-corrected chi connectivity index (χ4v) is 3.61. The lowest BCUT2D eigenvalue weighted by Gasteiger charge is -2.07. The molecule has 0 bridgehead atoms. The van der Waals surface area contributed by atoms with E-state index in [0.717, 1.165) is 32.1 Å². The predicted molar refractivity (Wildman–Crippen MR) is 124 cm³/mol. The maximum atomic E-state index is 11.8. The molecular formula is C26H50O2. The highest BCUT2D eigenvalue weighted by Gasteiger charge is 2.07. The topological polar surface area (TPSA) is 26.3 Å². The molecule has 0 saturated heterocycles. The van der Waals surface area contributed by atoms with Crippen molar-refractivity contribution in [1.82, 2.24) is 0 Å². The molecule has 0 aromatic rings. The third kappa shape index (κ3) is 20.0. The van der Waals surface area contributed by atoms with Crippen molar-refractivity contribution in [3.8, 4) is 0 Å². The first-order chi connectivity index (χ1) is 13.7. The molecule has 0 unspecified atom stereocenters. The van der Waals surface area contributed by atoms with Crippen LogP contribution in [-0.4, -0.2) is 12.6 Å². The maximum absolute atomic E-state index is 11.8. The molecule has 0 amide bonds. The van der Waals surface area contributed by atoms with Gasteiger partial charge in [-0.05, 0) is 19.3 Å². The van der Waals surface area contributed by atoms with Crippen molar-refractivity contribution < 1.29 is 9.53 Å². The predicted octanol–water partition coefficient (Wildman–Crippen LogP) is 8.93. The quantitative estimate of drug-likeness (QED) is 0.104. The molecule has 0 fully saturated rings. The van der Waals surface area contributed by atoms with Crippen LogP contribution in [0.25, 0.3) is 0 Å². The molecule has 0 N–H and O–H groups in total. The van der Waals surface area contributed by atoms with E-state index in [0.29, 0.717) is 12.2 Å². The molecule has 0 aliphatic rings. The van der Waals surface area contributed by atoms with E-state index < -0.39 is 0 Å². The Kier molecular flexibility index (Phi) is 21.9. The first kappa shape index (κ1) is 27.2. The molecule has 2 heteroatoms. The Labute approximate surface area is 176 Å². The summed E-state index contributed by atoms with van der Waals surface area (Å²) in [5.41, 5.74) is 0.655. The highest BCUT2D eigenvalue weighted by atomic mass is 16.5. The molecule has 0 spiro atoms. The number of carbonyl (C=O) groups is 1. The van der Waals surface area contributed by atoms with Gasteiger partial charge in [0.15, 0.2) is 0 Å². The summed E-state index contributed by atoms with van der Waals surface area (Å²) in [5, 5.41) is 0. The Morgan fingerprint density at radius 3 is 1.36 bits per heavy atom. The van der Waals surface area contributed by atoms with Crippen LogP contribution in [0.15, 0.2) is 12.2 Å². The molecular weight excluding hydrogens is 344 g/mol. The number of rotatable bonds is 22. The van der Waals surface area contributed by atoms with Crippen molar-refractivity contribution in [2.75, 3.05) is 6.61 Å². The molecule has 0 rings (SSSR count). The lowest BCUT2D eigenvalue weighted by atomic mass is 10.0. The lowest BCUT2D eigenvalue weighted by Crippen LogP contribution is -2.08. The largest absolute Gasteiger partial charge is 0.462 e. The van der Waals surface area contributed by atoms with E-state index in [1.165, 1.54) is 96.3 Å². The van der Waals surface area contributed by atoms with Crippen molar-refractivity contribution in [2.45, 2.75) is 142 Å². The van der Waals surface area contributed by atoms with Gasteiger partial charge >= 0.3 is 5.97 Å². The minimum absolute atomic E-state index is 0.183. The number of hydrogen-bond acceptors (Lipinski definition) is 2. The van der Waals surface area contributed by atoms with Gasteiger partial charge in [-0.25, -0.2) is 4.79 Å². The minimum Gasteiger partial charge on any atom is -0.462 e. The zero-order chi connectivity index (χ0) is 20.7. The van der Waals surface area contributed by atoms with Gasteiger partial charge in [-0.3, -0.25) is 0 Å². The van der Waals surface area contributed by atoms with Gasteiger partial charge in [0.25, 0.3) is 0 Å². The Hall–Kier alpha value is -0.790. The number of carbonyl (C=O) groups excluding carboxylic acids is 1. The summed E-state index contributed by atoms with van der Waals surface area (Å²) in [5.74, 6) is -0.183. The number of hydrogen-bond donors (Lipinski definition) is 0. The van der Waals surface area contributed by atoms with E-state index >= 15 is 0 Å². The number of esters is 1. The van der Waals surface area contributed by atoms with Crippen LogP contribution in [0.4, 0.5) is 0 Å². The van der Waals surface area contributed by atoms with Gasteiger partial charge in [0.2, 0.25) is 0 Å². The van der Waals surface area contributed by atoms with Crippen molar-refractivity contribution in [3.63, 3.8) is 0 Å². The molecule has 28 heavy (non-hydrogen) atoms. The summed E-state index contributed by atoms with van der Waals surface area (Å²) in [4.78, 5) is 11.8. The summed E-state index contributed by atoms with van der Waals surface area (Å²) < 4.78 is 5.25. The van der Waals surface area contributed by atoms with Crippen molar-refractivity contribution in [2.24, 2.45) is 0 Å². The Bertz CT molecular complexity index is 348. The average Bonchev–Trinajstić information content (AvgIpc) is 2.70. The van der Waals surface area contributed by atoms with Crippen LogP contribution in [0, 0.1) is 0 Å². The fraction of sp³-hybridized carbons (Fsp3) is 0.885. The van der Waals surface area contributed by atoms with E-state index in [2.05, 4.69) is 20.4 Å². The minimum atomic E-state index is -0.183. The van der Waals surface area contributed by atoms with E-state index in [1.807, 2.05) is 0 Å². The zero-order valence-corrected chi connectivity index (χ0v) is 19.4. The van der Waals surface area contributed by atoms with Gasteiger partial charge in [-0.15, -0.1) is 0 Å². The Morgan fingerprint density at radius 2 is 0.929 bits per heavy atom. The monoisotopic (exact) mass is 394 g/mol.